The number of benzene rings is 1. The first-order chi connectivity index (χ1) is 8.60. The Morgan fingerprint density at radius 1 is 1.22 bits per heavy atom. The lowest BCUT2D eigenvalue weighted by molar-refractivity contribution is 0.135. The van der Waals surface area contributed by atoms with Gasteiger partial charge in [0, 0.05) is 17.6 Å². The Morgan fingerprint density at radius 2 is 1.94 bits per heavy atom. The average Bonchev–Trinajstić information content (AvgIpc) is 2.68. The number of hydrogen-bond donors (Lipinski definition) is 1. The summed E-state index contributed by atoms with van der Waals surface area (Å²) >= 11 is 0. The SMILES string of the molecule is CC1(N2Cc3ccc(F)cc3C2=N)CCCCC1. The van der Waals surface area contributed by atoms with Gasteiger partial charge in [-0.15, -0.1) is 0 Å². The molecule has 0 bridgehead atoms. The summed E-state index contributed by atoms with van der Waals surface area (Å²) in [7, 11) is 0. The van der Waals surface area contributed by atoms with Crippen LogP contribution in [0.2, 0.25) is 0 Å². The fraction of sp³-hybridized carbons (Fsp3) is 0.533. The van der Waals surface area contributed by atoms with Crippen molar-refractivity contribution in [2.75, 3.05) is 0 Å². The highest BCUT2D eigenvalue weighted by atomic mass is 19.1. The second-order valence-electron chi connectivity index (χ2n) is 5.79. The number of fused-ring (bicyclic) bond motifs is 1. The third-order valence-electron chi connectivity index (χ3n) is 4.51. The molecule has 0 aromatic heterocycles. The van der Waals surface area contributed by atoms with Crippen LogP contribution in [0.5, 0.6) is 0 Å². The molecule has 0 unspecified atom stereocenters. The molecule has 0 saturated heterocycles. The van der Waals surface area contributed by atoms with Gasteiger partial charge in [-0.3, -0.25) is 5.41 Å². The van der Waals surface area contributed by atoms with Crippen LogP contribution in [-0.2, 0) is 6.54 Å². The van der Waals surface area contributed by atoms with Crippen molar-refractivity contribution in [2.45, 2.75) is 51.1 Å². The molecule has 1 heterocycles. The molecule has 96 valence electrons. The third kappa shape index (κ3) is 1.73. The highest BCUT2D eigenvalue weighted by Crippen LogP contribution is 2.38. The first kappa shape index (κ1) is 11.7. The first-order valence-corrected chi connectivity index (χ1v) is 6.75. The quantitative estimate of drug-likeness (QED) is 0.804. The zero-order valence-electron chi connectivity index (χ0n) is 10.8. The standard InChI is InChI=1S/C15H19FN2/c1-15(7-3-2-4-8-15)18-10-11-5-6-12(16)9-13(11)14(18)17/h5-6,9,17H,2-4,7-8,10H2,1H3. The van der Waals surface area contributed by atoms with Crippen molar-refractivity contribution in [3.63, 3.8) is 0 Å². The van der Waals surface area contributed by atoms with E-state index < -0.39 is 0 Å². The van der Waals surface area contributed by atoms with Crippen molar-refractivity contribution >= 4 is 5.84 Å². The maximum atomic E-state index is 13.3. The molecule has 1 aliphatic heterocycles. The summed E-state index contributed by atoms with van der Waals surface area (Å²) in [5, 5.41) is 8.31. The van der Waals surface area contributed by atoms with Gasteiger partial charge in [0.2, 0.25) is 0 Å². The van der Waals surface area contributed by atoms with E-state index in [2.05, 4.69) is 11.8 Å². The van der Waals surface area contributed by atoms with Gasteiger partial charge in [0.05, 0.1) is 0 Å². The lowest BCUT2D eigenvalue weighted by Gasteiger charge is -2.43. The molecule has 3 rings (SSSR count). The van der Waals surface area contributed by atoms with Gasteiger partial charge >= 0.3 is 0 Å². The van der Waals surface area contributed by atoms with E-state index in [1.54, 1.807) is 0 Å². The molecule has 0 radical (unpaired) electrons. The monoisotopic (exact) mass is 246 g/mol. The summed E-state index contributed by atoms with van der Waals surface area (Å²) < 4.78 is 13.3. The smallest absolute Gasteiger partial charge is 0.129 e. The van der Waals surface area contributed by atoms with Crippen molar-refractivity contribution < 1.29 is 4.39 Å². The molecule has 1 aromatic carbocycles. The summed E-state index contributed by atoms with van der Waals surface area (Å²) in [4.78, 5) is 2.18. The van der Waals surface area contributed by atoms with E-state index >= 15 is 0 Å². The molecule has 3 heteroatoms. The van der Waals surface area contributed by atoms with Gasteiger partial charge in [0.1, 0.15) is 11.7 Å². The van der Waals surface area contributed by atoms with Gasteiger partial charge in [-0.2, -0.15) is 0 Å². The largest absolute Gasteiger partial charge is 0.347 e. The predicted molar refractivity (Wildman–Crippen MR) is 70.3 cm³/mol. The van der Waals surface area contributed by atoms with Gasteiger partial charge in [-0.05, 0) is 37.5 Å². The summed E-state index contributed by atoms with van der Waals surface area (Å²) in [6.07, 6.45) is 6.08. The van der Waals surface area contributed by atoms with E-state index in [9.17, 15) is 4.39 Å². The highest BCUT2D eigenvalue weighted by Gasteiger charge is 2.39. The predicted octanol–water partition coefficient (Wildman–Crippen LogP) is 3.69. The molecular formula is C15H19FN2. The Kier molecular flexibility index (Phi) is 2.65. The molecule has 1 aromatic rings. The van der Waals surface area contributed by atoms with E-state index in [1.165, 1.54) is 31.4 Å². The van der Waals surface area contributed by atoms with E-state index in [4.69, 9.17) is 5.41 Å². The molecule has 1 aliphatic carbocycles. The van der Waals surface area contributed by atoms with Crippen LogP contribution < -0.4 is 0 Å². The molecule has 1 saturated carbocycles. The van der Waals surface area contributed by atoms with Crippen molar-refractivity contribution in [3.05, 3.63) is 35.1 Å². The molecule has 18 heavy (non-hydrogen) atoms. The summed E-state index contributed by atoms with van der Waals surface area (Å²) in [5.41, 5.74) is 1.96. The number of nitrogens with zero attached hydrogens (tertiary/aromatic N) is 1. The lowest BCUT2D eigenvalue weighted by atomic mass is 9.82. The minimum atomic E-state index is -0.242. The van der Waals surface area contributed by atoms with Crippen LogP contribution in [0.4, 0.5) is 4.39 Å². The van der Waals surface area contributed by atoms with Crippen LogP contribution in [0.15, 0.2) is 18.2 Å². The van der Waals surface area contributed by atoms with Crippen molar-refractivity contribution in [2.24, 2.45) is 0 Å². The molecule has 1 fully saturated rings. The van der Waals surface area contributed by atoms with Crippen LogP contribution in [0.25, 0.3) is 0 Å². The average molecular weight is 246 g/mol. The summed E-state index contributed by atoms with van der Waals surface area (Å²) in [5.74, 6) is 0.267. The van der Waals surface area contributed by atoms with Gasteiger partial charge in [0.25, 0.3) is 0 Å². The second kappa shape index (κ2) is 4.08. The number of halogens is 1. The van der Waals surface area contributed by atoms with Gasteiger partial charge < -0.3 is 4.90 Å². The minimum Gasteiger partial charge on any atom is -0.347 e. The van der Waals surface area contributed by atoms with E-state index in [-0.39, 0.29) is 11.4 Å². The van der Waals surface area contributed by atoms with Gasteiger partial charge in [-0.1, -0.05) is 25.3 Å². The van der Waals surface area contributed by atoms with Gasteiger partial charge in [-0.25, -0.2) is 4.39 Å². The highest BCUT2D eigenvalue weighted by molar-refractivity contribution is 6.00. The fourth-order valence-electron chi connectivity index (χ4n) is 3.35. The van der Waals surface area contributed by atoms with Crippen molar-refractivity contribution in [1.82, 2.24) is 4.90 Å². The normalized spacial score (nSPS) is 22.1. The summed E-state index contributed by atoms with van der Waals surface area (Å²) in [6, 6.07) is 4.83. The van der Waals surface area contributed by atoms with Crippen LogP contribution in [0.1, 0.15) is 50.2 Å². The Bertz CT molecular complexity index is 489. The first-order valence-electron chi connectivity index (χ1n) is 6.75. The molecule has 0 amide bonds. The Balaban J connectivity index is 1.92. The lowest BCUT2D eigenvalue weighted by Crippen LogP contribution is -2.47. The molecule has 2 nitrogen and oxygen atoms in total. The van der Waals surface area contributed by atoms with Crippen LogP contribution in [-0.4, -0.2) is 16.3 Å². The van der Waals surface area contributed by atoms with Crippen LogP contribution in [0.3, 0.4) is 0 Å². The topological polar surface area (TPSA) is 27.1 Å². The van der Waals surface area contributed by atoms with E-state index in [0.29, 0.717) is 5.84 Å². The minimum absolute atomic E-state index is 0.0881. The van der Waals surface area contributed by atoms with E-state index in [1.807, 2.05) is 6.07 Å². The van der Waals surface area contributed by atoms with Crippen LogP contribution >= 0.6 is 0 Å². The summed E-state index contributed by atoms with van der Waals surface area (Å²) in [6.45, 7) is 3.02. The van der Waals surface area contributed by atoms with Gasteiger partial charge in [0.15, 0.2) is 0 Å². The molecular weight excluding hydrogens is 227 g/mol. The third-order valence-corrected chi connectivity index (χ3v) is 4.51. The Morgan fingerprint density at radius 3 is 2.67 bits per heavy atom. The Hall–Kier alpha value is -1.38. The Labute approximate surface area is 107 Å². The fourth-order valence-corrected chi connectivity index (χ4v) is 3.35. The number of hydrogen-bond acceptors (Lipinski definition) is 1. The molecule has 0 spiro atoms. The zero-order chi connectivity index (χ0) is 12.8. The number of amidine groups is 1. The molecule has 2 aliphatic rings. The van der Waals surface area contributed by atoms with Crippen molar-refractivity contribution in [3.8, 4) is 0 Å². The maximum absolute atomic E-state index is 13.3. The second-order valence-corrected chi connectivity index (χ2v) is 5.79. The number of rotatable bonds is 1. The number of nitrogens with one attached hydrogen (secondary N) is 1. The molecule has 1 N–H and O–H groups in total. The molecule has 0 atom stereocenters. The maximum Gasteiger partial charge on any atom is 0.129 e. The van der Waals surface area contributed by atoms with E-state index in [0.717, 1.165) is 30.5 Å². The van der Waals surface area contributed by atoms with Crippen LogP contribution in [0, 0.1) is 11.2 Å². The zero-order valence-corrected chi connectivity index (χ0v) is 10.8. The van der Waals surface area contributed by atoms with Crippen molar-refractivity contribution in [1.29, 1.82) is 5.41 Å².